The number of amides is 1. The van der Waals surface area contributed by atoms with Crippen LogP contribution in [0.2, 0.25) is 5.02 Å². The summed E-state index contributed by atoms with van der Waals surface area (Å²) in [6, 6.07) is 28.6. The number of fused-ring (bicyclic) bond motifs is 1. The van der Waals surface area contributed by atoms with Gasteiger partial charge in [0, 0.05) is 10.6 Å². The molecular formula is C25H19ClN2O2. The third-order valence-electron chi connectivity index (χ3n) is 4.59. The smallest absolute Gasteiger partial charge is 0.271 e. The number of carbonyl (C=O) groups is 1. The van der Waals surface area contributed by atoms with Gasteiger partial charge in [-0.1, -0.05) is 66.2 Å². The lowest BCUT2D eigenvalue weighted by molar-refractivity contribution is 0.0955. The highest BCUT2D eigenvalue weighted by atomic mass is 35.5. The number of benzene rings is 4. The molecule has 4 aromatic rings. The summed E-state index contributed by atoms with van der Waals surface area (Å²) in [6.45, 7) is 0.426. The van der Waals surface area contributed by atoms with Gasteiger partial charge in [-0.15, -0.1) is 0 Å². The van der Waals surface area contributed by atoms with E-state index in [9.17, 15) is 4.79 Å². The summed E-state index contributed by atoms with van der Waals surface area (Å²) in [7, 11) is 0. The third kappa shape index (κ3) is 5.04. The SMILES string of the molecule is O=C(N/N=C\c1ccc(Cl)cc1)c1ccc(COc2ccc3ccccc3c2)cc1. The minimum Gasteiger partial charge on any atom is -0.489 e. The largest absolute Gasteiger partial charge is 0.489 e. The molecule has 148 valence electrons. The molecule has 0 aliphatic heterocycles. The van der Waals surface area contributed by atoms with Gasteiger partial charge in [-0.2, -0.15) is 5.10 Å². The molecule has 0 spiro atoms. The van der Waals surface area contributed by atoms with Crippen molar-refractivity contribution >= 4 is 34.5 Å². The van der Waals surface area contributed by atoms with E-state index in [1.807, 2.05) is 54.6 Å². The van der Waals surface area contributed by atoms with Gasteiger partial charge in [0.2, 0.25) is 0 Å². The van der Waals surface area contributed by atoms with Gasteiger partial charge in [-0.3, -0.25) is 4.79 Å². The number of rotatable bonds is 6. The predicted molar refractivity (Wildman–Crippen MR) is 121 cm³/mol. The average Bonchev–Trinajstić information content (AvgIpc) is 2.79. The number of ether oxygens (including phenoxy) is 1. The first-order valence-corrected chi connectivity index (χ1v) is 9.85. The van der Waals surface area contributed by atoms with Crippen molar-refractivity contribution in [1.29, 1.82) is 0 Å². The average molecular weight is 415 g/mol. The van der Waals surface area contributed by atoms with Crippen molar-refractivity contribution in [2.75, 3.05) is 0 Å². The van der Waals surface area contributed by atoms with Crippen molar-refractivity contribution in [3.8, 4) is 5.75 Å². The molecule has 0 saturated carbocycles. The summed E-state index contributed by atoms with van der Waals surface area (Å²) < 4.78 is 5.89. The van der Waals surface area contributed by atoms with Crippen molar-refractivity contribution in [2.45, 2.75) is 6.61 Å². The summed E-state index contributed by atoms with van der Waals surface area (Å²) in [4.78, 5) is 12.2. The molecule has 0 aliphatic rings. The van der Waals surface area contributed by atoms with Crippen LogP contribution in [0.4, 0.5) is 0 Å². The summed E-state index contributed by atoms with van der Waals surface area (Å²) in [5, 5.41) is 6.95. The van der Waals surface area contributed by atoms with Crippen LogP contribution >= 0.6 is 11.6 Å². The highest BCUT2D eigenvalue weighted by Crippen LogP contribution is 2.21. The minimum absolute atomic E-state index is 0.276. The fourth-order valence-corrected chi connectivity index (χ4v) is 3.08. The molecule has 0 unspecified atom stereocenters. The molecule has 4 aromatic carbocycles. The molecule has 1 amide bonds. The second-order valence-corrected chi connectivity index (χ2v) is 7.18. The van der Waals surface area contributed by atoms with Crippen molar-refractivity contribution < 1.29 is 9.53 Å². The molecule has 0 radical (unpaired) electrons. The number of nitrogens with one attached hydrogen (secondary N) is 1. The van der Waals surface area contributed by atoms with Gasteiger partial charge in [-0.25, -0.2) is 5.43 Å². The van der Waals surface area contributed by atoms with Crippen LogP contribution in [-0.2, 0) is 6.61 Å². The van der Waals surface area contributed by atoms with E-state index in [0.717, 1.165) is 22.3 Å². The van der Waals surface area contributed by atoms with Crippen LogP contribution in [0, 0.1) is 0 Å². The third-order valence-corrected chi connectivity index (χ3v) is 4.84. The predicted octanol–water partition coefficient (Wildman–Crippen LogP) is 5.84. The van der Waals surface area contributed by atoms with E-state index in [0.29, 0.717) is 17.2 Å². The van der Waals surface area contributed by atoms with Crippen molar-refractivity contribution in [1.82, 2.24) is 5.43 Å². The van der Waals surface area contributed by atoms with Crippen LogP contribution in [0.25, 0.3) is 10.8 Å². The van der Waals surface area contributed by atoms with Crippen molar-refractivity contribution in [2.24, 2.45) is 5.10 Å². The van der Waals surface area contributed by atoms with E-state index in [4.69, 9.17) is 16.3 Å². The van der Waals surface area contributed by atoms with Crippen LogP contribution < -0.4 is 10.2 Å². The molecule has 5 heteroatoms. The maximum Gasteiger partial charge on any atom is 0.271 e. The molecule has 0 fully saturated rings. The van der Waals surface area contributed by atoms with Crippen molar-refractivity contribution in [3.63, 3.8) is 0 Å². The summed E-state index contributed by atoms with van der Waals surface area (Å²) in [6.07, 6.45) is 1.57. The lowest BCUT2D eigenvalue weighted by Gasteiger charge is -2.08. The lowest BCUT2D eigenvalue weighted by atomic mass is 10.1. The monoisotopic (exact) mass is 414 g/mol. The molecule has 0 bridgehead atoms. The zero-order chi connectivity index (χ0) is 20.8. The number of halogens is 1. The first-order chi connectivity index (χ1) is 14.7. The van der Waals surface area contributed by atoms with Gasteiger partial charge in [-0.05, 0) is 58.3 Å². The number of nitrogens with zero attached hydrogens (tertiary/aromatic N) is 1. The number of hydrazone groups is 1. The first kappa shape index (κ1) is 19.7. The number of hydrogen-bond acceptors (Lipinski definition) is 3. The van der Waals surface area contributed by atoms with Gasteiger partial charge in [0.1, 0.15) is 12.4 Å². The first-order valence-electron chi connectivity index (χ1n) is 9.47. The Labute approximate surface area is 179 Å². The molecule has 4 rings (SSSR count). The lowest BCUT2D eigenvalue weighted by Crippen LogP contribution is -2.17. The molecule has 0 aromatic heterocycles. The van der Waals surface area contributed by atoms with Crippen molar-refractivity contribution in [3.05, 3.63) is 113 Å². The Kier molecular flexibility index (Phi) is 6.06. The van der Waals surface area contributed by atoms with Gasteiger partial charge in [0.05, 0.1) is 6.21 Å². The normalized spacial score (nSPS) is 11.0. The van der Waals surface area contributed by atoms with Crippen LogP contribution in [0.15, 0.2) is 96.1 Å². The van der Waals surface area contributed by atoms with Gasteiger partial charge >= 0.3 is 0 Å². The van der Waals surface area contributed by atoms with Crippen LogP contribution in [0.3, 0.4) is 0 Å². The molecule has 30 heavy (non-hydrogen) atoms. The molecule has 4 nitrogen and oxygen atoms in total. The second-order valence-electron chi connectivity index (χ2n) is 6.75. The number of carbonyl (C=O) groups excluding carboxylic acids is 1. The van der Waals surface area contributed by atoms with E-state index < -0.39 is 0 Å². The fourth-order valence-electron chi connectivity index (χ4n) is 2.96. The number of hydrogen-bond donors (Lipinski definition) is 1. The molecule has 1 N–H and O–H groups in total. The van der Waals surface area contributed by atoms with E-state index in [-0.39, 0.29) is 5.91 Å². The topological polar surface area (TPSA) is 50.7 Å². The quantitative estimate of drug-likeness (QED) is 0.318. The highest BCUT2D eigenvalue weighted by molar-refractivity contribution is 6.30. The van der Waals surface area contributed by atoms with Gasteiger partial charge in [0.25, 0.3) is 5.91 Å². The zero-order valence-electron chi connectivity index (χ0n) is 16.1. The van der Waals surface area contributed by atoms with Crippen LogP contribution in [0.1, 0.15) is 21.5 Å². The fraction of sp³-hybridized carbons (Fsp3) is 0.0400. The van der Waals surface area contributed by atoms with E-state index in [1.54, 1.807) is 30.5 Å². The minimum atomic E-state index is -0.276. The molecule has 0 saturated heterocycles. The maximum atomic E-state index is 12.2. The Morgan fingerprint density at radius 2 is 1.63 bits per heavy atom. The van der Waals surface area contributed by atoms with E-state index in [1.165, 1.54) is 5.39 Å². The van der Waals surface area contributed by atoms with Crippen LogP contribution in [-0.4, -0.2) is 12.1 Å². The Hall–Kier alpha value is -3.63. The van der Waals surface area contributed by atoms with Gasteiger partial charge in [0.15, 0.2) is 0 Å². The Bertz CT molecular complexity index is 1190. The maximum absolute atomic E-state index is 12.2. The highest BCUT2D eigenvalue weighted by Gasteiger charge is 2.05. The van der Waals surface area contributed by atoms with E-state index in [2.05, 4.69) is 22.7 Å². The second kappa shape index (κ2) is 9.25. The standard InChI is InChI=1S/C25H19ClN2O2/c26-23-12-7-18(8-13-23)16-27-28-25(29)21-9-5-19(6-10-21)17-30-24-14-11-20-3-1-2-4-22(20)15-24/h1-16H,17H2,(H,28,29)/b27-16-. The van der Waals surface area contributed by atoms with E-state index >= 15 is 0 Å². The molecule has 0 heterocycles. The summed E-state index contributed by atoms with van der Waals surface area (Å²) in [5.41, 5.74) is 4.87. The Balaban J connectivity index is 1.32. The molecule has 0 atom stereocenters. The summed E-state index contributed by atoms with van der Waals surface area (Å²) in [5.74, 6) is 0.536. The zero-order valence-corrected chi connectivity index (χ0v) is 16.8. The Morgan fingerprint density at radius 3 is 2.40 bits per heavy atom. The Morgan fingerprint density at radius 1 is 0.900 bits per heavy atom. The van der Waals surface area contributed by atoms with Gasteiger partial charge < -0.3 is 4.74 Å². The summed E-state index contributed by atoms with van der Waals surface area (Å²) >= 11 is 5.85. The molecular weight excluding hydrogens is 396 g/mol. The molecule has 0 aliphatic carbocycles. The van der Waals surface area contributed by atoms with Crippen LogP contribution in [0.5, 0.6) is 5.75 Å².